The molecule has 0 aromatic rings. The Hall–Kier alpha value is -1.05. The highest BCUT2D eigenvalue weighted by atomic mass is 14.8. The van der Waals surface area contributed by atoms with E-state index < -0.39 is 0 Å². The lowest BCUT2D eigenvalue weighted by Gasteiger charge is -1.96. The second-order valence-corrected chi connectivity index (χ2v) is 2.23. The summed E-state index contributed by atoms with van der Waals surface area (Å²) < 4.78 is 0. The molecular formula is C8H14N2. The van der Waals surface area contributed by atoms with E-state index >= 15 is 0 Å². The third-order valence-corrected chi connectivity index (χ3v) is 1.21. The highest BCUT2D eigenvalue weighted by Gasteiger charge is 1.87. The number of hydrogen-bond acceptors (Lipinski definition) is 2. The van der Waals surface area contributed by atoms with Gasteiger partial charge in [-0.1, -0.05) is 6.58 Å². The topological polar surface area (TPSA) is 38.4 Å². The molecule has 2 nitrogen and oxygen atoms in total. The zero-order chi connectivity index (χ0) is 8.15. The van der Waals surface area contributed by atoms with Crippen molar-refractivity contribution in [3.05, 3.63) is 24.0 Å². The molecule has 0 aromatic heterocycles. The smallest absolute Gasteiger partial charge is 0.0559 e. The number of allylic oxidation sites excluding steroid dienone is 3. The number of nitrogens with zero attached hydrogens (tertiary/aromatic N) is 1. The summed E-state index contributed by atoms with van der Waals surface area (Å²) in [6, 6.07) is 0. The number of rotatable bonds is 2. The van der Waals surface area contributed by atoms with Crippen LogP contribution in [0.1, 0.15) is 20.8 Å². The van der Waals surface area contributed by atoms with Crippen LogP contribution in [0.15, 0.2) is 29.0 Å². The summed E-state index contributed by atoms with van der Waals surface area (Å²) in [5, 5.41) is 0. The molecule has 2 heteroatoms. The first-order chi connectivity index (χ1) is 4.57. The van der Waals surface area contributed by atoms with E-state index in [4.69, 9.17) is 5.73 Å². The predicted molar refractivity (Wildman–Crippen MR) is 45.9 cm³/mol. The van der Waals surface area contributed by atoms with Gasteiger partial charge in [-0.25, -0.2) is 0 Å². The molecule has 0 saturated heterocycles. The van der Waals surface area contributed by atoms with Crippen LogP contribution in [0.5, 0.6) is 0 Å². The molecule has 0 spiro atoms. The number of aliphatic imine (C=N–C) groups is 1. The summed E-state index contributed by atoms with van der Waals surface area (Å²) in [7, 11) is 0. The van der Waals surface area contributed by atoms with Gasteiger partial charge in [0.05, 0.1) is 5.70 Å². The van der Waals surface area contributed by atoms with Crippen molar-refractivity contribution in [2.24, 2.45) is 10.7 Å². The molecule has 0 heterocycles. The summed E-state index contributed by atoms with van der Waals surface area (Å²) in [6.07, 6.45) is 1.70. The van der Waals surface area contributed by atoms with Gasteiger partial charge < -0.3 is 5.73 Å². The standard InChI is InChI=1S/C8H14N2/c1-5-6(2)10-8(4)7(3)9/h5H,1,9H2,2-4H3/b8-7-,10-6-. The van der Waals surface area contributed by atoms with Crippen molar-refractivity contribution in [1.82, 2.24) is 0 Å². The Bertz CT molecular complexity index is 183. The fourth-order valence-electron chi connectivity index (χ4n) is 0.398. The minimum atomic E-state index is 0.751. The molecular weight excluding hydrogens is 124 g/mol. The molecule has 2 N–H and O–H groups in total. The Kier molecular flexibility index (Phi) is 3.47. The van der Waals surface area contributed by atoms with Crippen LogP contribution in [0, 0.1) is 0 Å². The van der Waals surface area contributed by atoms with E-state index in [2.05, 4.69) is 11.6 Å². The van der Waals surface area contributed by atoms with Gasteiger partial charge in [-0.15, -0.1) is 0 Å². The maximum atomic E-state index is 5.48. The lowest BCUT2D eigenvalue weighted by atomic mass is 10.3. The van der Waals surface area contributed by atoms with Crippen LogP contribution < -0.4 is 5.73 Å². The first kappa shape index (κ1) is 8.95. The van der Waals surface area contributed by atoms with Gasteiger partial charge in [0.2, 0.25) is 0 Å². The van der Waals surface area contributed by atoms with Crippen LogP contribution >= 0.6 is 0 Å². The molecule has 0 aromatic carbocycles. The average molecular weight is 138 g/mol. The normalized spacial score (nSPS) is 14.5. The van der Waals surface area contributed by atoms with Gasteiger partial charge in [0, 0.05) is 11.4 Å². The first-order valence-corrected chi connectivity index (χ1v) is 3.18. The van der Waals surface area contributed by atoms with Crippen LogP contribution in [-0.2, 0) is 0 Å². The highest BCUT2D eigenvalue weighted by Crippen LogP contribution is 1.98. The van der Waals surface area contributed by atoms with Gasteiger partial charge in [-0.2, -0.15) is 0 Å². The van der Waals surface area contributed by atoms with Crippen LogP contribution in [0.3, 0.4) is 0 Å². The summed E-state index contributed by atoms with van der Waals surface area (Å²) in [4.78, 5) is 4.15. The molecule has 0 aliphatic rings. The molecule has 0 saturated carbocycles. The van der Waals surface area contributed by atoms with Gasteiger partial charge in [-0.3, -0.25) is 4.99 Å². The van der Waals surface area contributed by atoms with E-state index in [1.165, 1.54) is 0 Å². The Morgan fingerprint density at radius 1 is 1.40 bits per heavy atom. The van der Waals surface area contributed by atoms with Gasteiger partial charge in [0.15, 0.2) is 0 Å². The molecule has 10 heavy (non-hydrogen) atoms. The minimum Gasteiger partial charge on any atom is -0.401 e. The van der Waals surface area contributed by atoms with Crippen LogP contribution in [0.25, 0.3) is 0 Å². The molecule has 0 radical (unpaired) electrons. The van der Waals surface area contributed by atoms with Crippen molar-refractivity contribution >= 4 is 5.71 Å². The maximum absolute atomic E-state index is 5.48. The van der Waals surface area contributed by atoms with E-state index in [9.17, 15) is 0 Å². The van der Waals surface area contributed by atoms with E-state index in [0.717, 1.165) is 17.1 Å². The number of nitrogens with two attached hydrogens (primary N) is 1. The Balaban J connectivity index is 4.42. The van der Waals surface area contributed by atoms with Crippen molar-refractivity contribution in [3.8, 4) is 0 Å². The summed E-state index contributed by atoms with van der Waals surface area (Å²) in [6.45, 7) is 9.17. The average Bonchev–Trinajstić information content (AvgIpc) is 1.87. The SMILES string of the molecule is C=C/C(C)=N\C(C)=C(\C)N. The number of hydrogen-bond donors (Lipinski definition) is 1. The molecule has 0 rings (SSSR count). The molecule has 0 aliphatic carbocycles. The molecule has 0 unspecified atom stereocenters. The van der Waals surface area contributed by atoms with E-state index in [1.807, 2.05) is 20.8 Å². The molecule has 0 bridgehead atoms. The van der Waals surface area contributed by atoms with Crippen molar-refractivity contribution in [1.29, 1.82) is 0 Å². The van der Waals surface area contributed by atoms with Gasteiger partial charge >= 0.3 is 0 Å². The predicted octanol–water partition coefficient (Wildman–Crippen LogP) is 1.84. The van der Waals surface area contributed by atoms with E-state index in [0.29, 0.717) is 0 Å². The second kappa shape index (κ2) is 3.88. The summed E-state index contributed by atoms with van der Waals surface area (Å²) in [5.74, 6) is 0. The van der Waals surface area contributed by atoms with Crippen LogP contribution in [0.4, 0.5) is 0 Å². The lowest BCUT2D eigenvalue weighted by Crippen LogP contribution is -1.95. The third-order valence-electron chi connectivity index (χ3n) is 1.21. The molecule has 56 valence electrons. The zero-order valence-corrected chi connectivity index (χ0v) is 6.81. The highest BCUT2D eigenvalue weighted by molar-refractivity contribution is 5.92. The van der Waals surface area contributed by atoms with E-state index in [-0.39, 0.29) is 0 Å². The van der Waals surface area contributed by atoms with Crippen LogP contribution in [0.2, 0.25) is 0 Å². The monoisotopic (exact) mass is 138 g/mol. The third kappa shape index (κ3) is 3.07. The fraction of sp³-hybridized carbons (Fsp3) is 0.375. The van der Waals surface area contributed by atoms with Gasteiger partial charge in [0.25, 0.3) is 0 Å². The van der Waals surface area contributed by atoms with Gasteiger partial charge in [0.1, 0.15) is 0 Å². The fourth-order valence-corrected chi connectivity index (χ4v) is 0.398. The molecule has 0 aliphatic heterocycles. The zero-order valence-electron chi connectivity index (χ0n) is 6.81. The Morgan fingerprint density at radius 2 is 1.90 bits per heavy atom. The second-order valence-electron chi connectivity index (χ2n) is 2.23. The summed E-state index contributed by atoms with van der Waals surface area (Å²) in [5.41, 5.74) is 7.98. The quantitative estimate of drug-likeness (QED) is 0.581. The van der Waals surface area contributed by atoms with E-state index in [1.54, 1.807) is 6.08 Å². The van der Waals surface area contributed by atoms with Crippen LogP contribution in [-0.4, -0.2) is 5.71 Å². The van der Waals surface area contributed by atoms with Crippen molar-refractivity contribution in [3.63, 3.8) is 0 Å². The van der Waals surface area contributed by atoms with Crippen molar-refractivity contribution in [2.45, 2.75) is 20.8 Å². The lowest BCUT2D eigenvalue weighted by molar-refractivity contribution is 1.15. The largest absolute Gasteiger partial charge is 0.401 e. The first-order valence-electron chi connectivity index (χ1n) is 3.18. The molecule has 0 fully saturated rings. The Labute approximate surface area is 62.1 Å². The minimum absolute atomic E-state index is 0.751. The van der Waals surface area contributed by atoms with Crippen molar-refractivity contribution in [2.75, 3.05) is 0 Å². The maximum Gasteiger partial charge on any atom is 0.0559 e. The summed E-state index contributed by atoms with van der Waals surface area (Å²) >= 11 is 0. The molecule has 0 amide bonds. The van der Waals surface area contributed by atoms with Crippen molar-refractivity contribution < 1.29 is 0 Å². The Morgan fingerprint density at radius 3 is 2.20 bits per heavy atom. The molecule has 0 atom stereocenters. The van der Waals surface area contributed by atoms with Gasteiger partial charge in [-0.05, 0) is 26.8 Å².